The summed E-state index contributed by atoms with van der Waals surface area (Å²) in [5.74, 6) is 2.41. The predicted molar refractivity (Wildman–Crippen MR) is 109 cm³/mol. The fourth-order valence-corrected chi connectivity index (χ4v) is 8.75. The molecule has 4 aliphatic rings. The fraction of sp³-hybridized carbons (Fsp3) is 1.00. The van der Waals surface area contributed by atoms with Crippen LogP contribution in [0.1, 0.15) is 78.6 Å². The lowest BCUT2D eigenvalue weighted by atomic mass is 9.43. The Morgan fingerprint density at radius 2 is 1.71 bits per heavy atom. The molecule has 4 saturated carbocycles. The molecule has 162 valence electrons. The van der Waals surface area contributed by atoms with Crippen LogP contribution in [0.2, 0.25) is 0 Å². The fourth-order valence-electron chi connectivity index (χ4n) is 8.75. The number of aliphatic hydroxyl groups excluding tert-OH is 4. The normalized spacial score (nSPS) is 54.5. The molecule has 4 fully saturated rings. The highest BCUT2D eigenvalue weighted by Crippen LogP contribution is 2.68. The summed E-state index contributed by atoms with van der Waals surface area (Å²) >= 11 is 0. The van der Waals surface area contributed by atoms with Crippen molar-refractivity contribution in [2.75, 3.05) is 6.61 Å². The first-order valence-corrected chi connectivity index (χ1v) is 11.9. The summed E-state index contributed by atoms with van der Waals surface area (Å²) in [6.45, 7) is 7.23. The number of fused-ring (bicyclic) bond motifs is 5. The predicted octanol–water partition coefficient (Wildman–Crippen LogP) is 3.36. The van der Waals surface area contributed by atoms with Gasteiger partial charge in [0, 0.05) is 6.61 Å². The summed E-state index contributed by atoms with van der Waals surface area (Å²) in [4.78, 5) is 0. The van der Waals surface area contributed by atoms with Gasteiger partial charge in [-0.15, -0.1) is 0 Å². The van der Waals surface area contributed by atoms with Gasteiger partial charge in [-0.05, 0) is 104 Å². The van der Waals surface area contributed by atoms with Gasteiger partial charge in [0.25, 0.3) is 0 Å². The van der Waals surface area contributed by atoms with E-state index in [0.29, 0.717) is 35.5 Å². The van der Waals surface area contributed by atoms with Gasteiger partial charge >= 0.3 is 0 Å². The van der Waals surface area contributed by atoms with Crippen molar-refractivity contribution in [1.29, 1.82) is 0 Å². The Kier molecular flexibility index (Phi) is 5.66. The third-order valence-electron chi connectivity index (χ3n) is 10.3. The van der Waals surface area contributed by atoms with Gasteiger partial charge in [-0.2, -0.15) is 0 Å². The Hall–Kier alpha value is -0.160. The first-order chi connectivity index (χ1) is 13.2. The summed E-state index contributed by atoms with van der Waals surface area (Å²) in [6.07, 6.45) is 7.62. The highest BCUT2D eigenvalue weighted by atomic mass is 16.3. The molecule has 4 heteroatoms. The summed E-state index contributed by atoms with van der Waals surface area (Å²) in [6, 6.07) is 0. The molecule has 11 atom stereocenters. The zero-order valence-corrected chi connectivity index (χ0v) is 18.1. The minimum absolute atomic E-state index is 0.117. The maximum atomic E-state index is 11.5. The molecule has 0 heterocycles. The standard InChI is InChI=1S/C24H42O4/c1-14(5-4-10-25)17-6-7-18-22-19(13-21(28)24(17,18)3)23(2)9-8-16(26)11-15(23)12-20(22)27/h14-22,25-28H,4-13H2,1-3H3/t14-,15-,16+,17+,18-,19-,20+,21-,22-,23-,24+/m0/s1. The molecule has 28 heavy (non-hydrogen) atoms. The van der Waals surface area contributed by atoms with Crippen molar-refractivity contribution < 1.29 is 20.4 Å². The summed E-state index contributed by atoms with van der Waals surface area (Å²) in [5, 5.41) is 42.2. The molecule has 0 aromatic rings. The molecular weight excluding hydrogens is 352 g/mol. The zero-order valence-electron chi connectivity index (χ0n) is 18.1. The highest BCUT2D eigenvalue weighted by Gasteiger charge is 2.65. The molecule has 0 aromatic heterocycles. The van der Waals surface area contributed by atoms with Crippen LogP contribution in [0.15, 0.2) is 0 Å². The summed E-state index contributed by atoms with van der Waals surface area (Å²) < 4.78 is 0. The lowest BCUT2D eigenvalue weighted by Crippen LogP contribution is -2.62. The van der Waals surface area contributed by atoms with E-state index in [-0.39, 0.29) is 35.7 Å². The number of hydrogen-bond acceptors (Lipinski definition) is 4. The van der Waals surface area contributed by atoms with Gasteiger partial charge in [-0.3, -0.25) is 0 Å². The van der Waals surface area contributed by atoms with Crippen LogP contribution in [0, 0.1) is 46.3 Å². The van der Waals surface area contributed by atoms with Crippen molar-refractivity contribution in [2.45, 2.75) is 96.9 Å². The second-order valence-corrected chi connectivity index (χ2v) is 11.4. The minimum atomic E-state index is -0.308. The van der Waals surface area contributed by atoms with E-state index < -0.39 is 0 Å². The monoisotopic (exact) mass is 394 g/mol. The van der Waals surface area contributed by atoms with E-state index in [4.69, 9.17) is 0 Å². The van der Waals surface area contributed by atoms with Crippen molar-refractivity contribution in [1.82, 2.24) is 0 Å². The van der Waals surface area contributed by atoms with Crippen molar-refractivity contribution in [2.24, 2.45) is 46.3 Å². The van der Waals surface area contributed by atoms with Crippen molar-refractivity contribution in [3.05, 3.63) is 0 Å². The molecule has 4 aliphatic carbocycles. The third kappa shape index (κ3) is 3.01. The Bertz CT molecular complexity index is 567. The number of aliphatic hydroxyl groups is 4. The molecule has 4 nitrogen and oxygen atoms in total. The highest BCUT2D eigenvalue weighted by molar-refractivity contribution is 5.14. The van der Waals surface area contributed by atoms with Crippen molar-refractivity contribution in [3.63, 3.8) is 0 Å². The van der Waals surface area contributed by atoms with E-state index in [1.165, 1.54) is 0 Å². The van der Waals surface area contributed by atoms with Crippen molar-refractivity contribution in [3.8, 4) is 0 Å². The van der Waals surface area contributed by atoms with Crippen LogP contribution in [0.5, 0.6) is 0 Å². The van der Waals surface area contributed by atoms with E-state index in [0.717, 1.165) is 57.8 Å². The molecule has 0 bridgehead atoms. The summed E-state index contributed by atoms with van der Waals surface area (Å²) in [5.41, 5.74) is 0.0282. The minimum Gasteiger partial charge on any atom is -0.396 e. The van der Waals surface area contributed by atoms with Crippen LogP contribution in [-0.2, 0) is 0 Å². The number of rotatable bonds is 4. The SMILES string of the molecule is C[C@@H](CCCO)[C@H]1CC[C@H]2[C@@H]3[C@H](O)C[C@@H]4C[C@H](O)CC[C@]4(C)[C@H]3C[C@H](O)[C@]12C. The largest absolute Gasteiger partial charge is 0.396 e. The Morgan fingerprint density at radius 3 is 2.43 bits per heavy atom. The quantitative estimate of drug-likeness (QED) is 0.589. The molecular formula is C24H42O4. The maximum Gasteiger partial charge on any atom is 0.0602 e. The van der Waals surface area contributed by atoms with Crippen LogP contribution in [0.3, 0.4) is 0 Å². The second kappa shape index (κ2) is 7.51. The summed E-state index contributed by atoms with van der Waals surface area (Å²) in [7, 11) is 0. The van der Waals surface area contributed by atoms with E-state index in [9.17, 15) is 20.4 Å². The zero-order chi connectivity index (χ0) is 20.3. The lowest BCUT2D eigenvalue weighted by molar-refractivity contribution is -0.207. The molecule has 0 amide bonds. The number of hydrogen-bond donors (Lipinski definition) is 4. The van der Waals surface area contributed by atoms with E-state index >= 15 is 0 Å². The van der Waals surface area contributed by atoms with Crippen LogP contribution < -0.4 is 0 Å². The molecule has 0 saturated heterocycles. The Labute approximate surface area is 170 Å². The van der Waals surface area contributed by atoms with Gasteiger partial charge in [0.2, 0.25) is 0 Å². The maximum absolute atomic E-state index is 11.5. The van der Waals surface area contributed by atoms with Crippen molar-refractivity contribution >= 4 is 0 Å². The molecule has 0 aromatic carbocycles. The molecule has 4 N–H and O–H groups in total. The average Bonchev–Trinajstić information content (AvgIpc) is 3.01. The van der Waals surface area contributed by atoms with Gasteiger partial charge in [0.1, 0.15) is 0 Å². The smallest absolute Gasteiger partial charge is 0.0602 e. The third-order valence-corrected chi connectivity index (χ3v) is 10.3. The van der Waals surface area contributed by atoms with Crippen LogP contribution in [-0.4, -0.2) is 45.3 Å². The van der Waals surface area contributed by atoms with E-state index in [1.54, 1.807) is 0 Å². The molecule has 0 aliphatic heterocycles. The second-order valence-electron chi connectivity index (χ2n) is 11.4. The topological polar surface area (TPSA) is 80.9 Å². The lowest BCUT2D eigenvalue weighted by Gasteiger charge is -2.63. The average molecular weight is 395 g/mol. The van der Waals surface area contributed by atoms with Gasteiger partial charge in [0.15, 0.2) is 0 Å². The van der Waals surface area contributed by atoms with Gasteiger partial charge in [-0.25, -0.2) is 0 Å². The molecule has 0 spiro atoms. The Morgan fingerprint density at radius 1 is 0.964 bits per heavy atom. The first-order valence-electron chi connectivity index (χ1n) is 11.9. The van der Waals surface area contributed by atoms with Gasteiger partial charge in [0.05, 0.1) is 18.3 Å². The Balaban J connectivity index is 1.62. The first kappa shape index (κ1) is 21.1. The molecule has 0 unspecified atom stereocenters. The van der Waals surface area contributed by atoms with E-state index in [1.807, 2.05) is 0 Å². The molecule has 0 radical (unpaired) electrons. The van der Waals surface area contributed by atoms with Crippen LogP contribution >= 0.6 is 0 Å². The van der Waals surface area contributed by atoms with Gasteiger partial charge < -0.3 is 20.4 Å². The van der Waals surface area contributed by atoms with E-state index in [2.05, 4.69) is 20.8 Å². The van der Waals surface area contributed by atoms with Crippen LogP contribution in [0.4, 0.5) is 0 Å². The van der Waals surface area contributed by atoms with Crippen LogP contribution in [0.25, 0.3) is 0 Å². The van der Waals surface area contributed by atoms with Gasteiger partial charge in [-0.1, -0.05) is 20.8 Å². The molecule has 4 rings (SSSR count).